The van der Waals surface area contributed by atoms with E-state index in [1.807, 2.05) is 0 Å². The van der Waals surface area contributed by atoms with Gasteiger partial charge in [-0.25, -0.2) is 4.79 Å². The molecule has 1 saturated heterocycles. The monoisotopic (exact) mass is 334 g/mol. The molecule has 7 heteroatoms. The lowest BCUT2D eigenvalue weighted by molar-refractivity contribution is -0.119. The van der Waals surface area contributed by atoms with Gasteiger partial charge in [0.05, 0.1) is 0 Å². The summed E-state index contributed by atoms with van der Waals surface area (Å²) in [5.74, 6) is -0.530. The number of carbonyl (C=O) groups excluding carboxylic acids is 2. The minimum absolute atomic E-state index is 0.0248. The molecule has 0 saturated carbocycles. The van der Waals surface area contributed by atoms with E-state index in [9.17, 15) is 14.4 Å². The van der Waals surface area contributed by atoms with Gasteiger partial charge in [0.2, 0.25) is 5.91 Å². The quantitative estimate of drug-likeness (QED) is 0.849. The normalized spacial score (nSPS) is 17.5. The fourth-order valence-electron chi connectivity index (χ4n) is 2.76. The summed E-state index contributed by atoms with van der Waals surface area (Å²) >= 11 is 5.93. The number of nitrogens with zero attached hydrogens (tertiary/aromatic N) is 1. The fraction of sp³-hybridized carbons (Fsp3) is 0.312. The summed E-state index contributed by atoms with van der Waals surface area (Å²) in [5, 5.41) is 3.87. The first-order valence-corrected chi connectivity index (χ1v) is 7.61. The van der Waals surface area contributed by atoms with Crippen molar-refractivity contribution in [1.82, 2.24) is 10.2 Å². The molecule has 2 amide bonds. The molecule has 1 N–H and O–H groups in total. The molecule has 1 aliphatic rings. The Morgan fingerprint density at radius 2 is 2.13 bits per heavy atom. The van der Waals surface area contributed by atoms with E-state index in [0.29, 0.717) is 35.5 Å². The van der Waals surface area contributed by atoms with E-state index in [-0.39, 0.29) is 17.5 Å². The van der Waals surface area contributed by atoms with E-state index >= 15 is 0 Å². The Bertz CT molecular complexity index is 846. The van der Waals surface area contributed by atoms with Gasteiger partial charge < -0.3 is 14.6 Å². The lowest BCUT2D eigenvalue weighted by atomic mass is 10.1. The number of likely N-dealkylation sites (tertiary alicyclic amines) is 1. The van der Waals surface area contributed by atoms with Crippen LogP contribution in [0.25, 0.3) is 11.0 Å². The molecule has 23 heavy (non-hydrogen) atoms. The maximum absolute atomic E-state index is 12.5. The highest BCUT2D eigenvalue weighted by molar-refractivity contribution is 6.31. The lowest BCUT2D eigenvalue weighted by Gasteiger charge is -2.16. The largest absolute Gasteiger partial charge is 0.422 e. The molecule has 1 aromatic carbocycles. The molecule has 6 nitrogen and oxygen atoms in total. The number of benzene rings is 1. The third-order valence-corrected chi connectivity index (χ3v) is 4.04. The van der Waals surface area contributed by atoms with Crippen LogP contribution < -0.4 is 10.9 Å². The van der Waals surface area contributed by atoms with Gasteiger partial charge in [0, 0.05) is 36.5 Å². The molecule has 1 unspecified atom stereocenters. The fourth-order valence-corrected chi connectivity index (χ4v) is 2.94. The number of rotatable bonds is 2. The molecule has 1 atom stereocenters. The zero-order valence-electron chi connectivity index (χ0n) is 12.5. The number of hydrogen-bond acceptors (Lipinski definition) is 4. The van der Waals surface area contributed by atoms with Crippen LogP contribution in [0.5, 0.6) is 0 Å². The zero-order chi connectivity index (χ0) is 16.6. The molecule has 0 aliphatic carbocycles. The summed E-state index contributed by atoms with van der Waals surface area (Å²) in [5.41, 5.74) is -0.315. The van der Waals surface area contributed by atoms with E-state index in [4.69, 9.17) is 16.0 Å². The minimum atomic E-state index is -0.673. The molecule has 2 aromatic rings. The van der Waals surface area contributed by atoms with Gasteiger partial charge in [-0.1, -0.05) is 11.6 Å². The maximum Gasteiger partial charge on any atom is 0.349 e. The summed E-state index contributed by atoms with van der Waals surface area (Å²) in [7, 11) is 0. The van der Waals surface area contributed by atoms with Crippen molar-refractivity contribution >= 4 is 34.4 Å². The van der Waals surface area contributed by atoms with Gasteiger partial charge in [-0.05, 0) is 30.7 Å². The van der Waals surface area contributed by atoms with Crippen molar-refractivity contribution in [3.05, 3.63) is 45.3 Å². The number of amides is 2. The first-order valence-electron chi connectivity index (χ1n) is 7.24. The Morgan fingerprint density at radius 1 is 1.35 bits per heavy atom. The maximum atomic E-state index is 12.5. The number of hydrogen-bond donors (Lipinski definition) is 1. The van der Waals surface area contributed by atoms with E-state index in [2.05, 4.69) is 5.32 Å². The molecule has 1 fully saturated rings. The van der Waals surface area contributed by atoms with Crippen LogP contribution in [0.1, 0.15) is 23.7 Å². The van der Waals surface area contributed by atoms with Crippen molar-refractivity contribution in [1.29, 1.82) is 0 Å². The van der Waals surface area contributed by atoms with Crippen molar-refractivity contribution in [2.45, 2.75) is 19.4 Å². The first-order chi connectivity index (χ1) is 10.9. The third kappa shape index (κ3) is 3.22. The van der Waals surface area contributed by atoms with Gasteiger partial charge in [-0.2, -0.15) is 0 Å². The standard InChI is InChI=1S/C16H15ClN2O4/c1-9(20)18-12-4-5-19(8-12)15(21)13-7-10-6-11(17)2-3-14(10)23-16(13)22/h2-3,6-7,12H,4-5,8H2,1H3,(H,18,20). The predicted octanol–water partition coefficient (Wildman–Crippen LogP) is 1.80. The average Bonchev–Trinajstić information content (AvgIpc) is 2.94. The smallest absolute Gasteiger partial charge is 0.349 e. The predicted molar refractivity (Wildman–Crippen MR) is 85.6 cm³/mol. The van der Waals surface area contributed by atoms with Crippen LogP contribution in [-0.2, 0) is 4.79 Å². The lowest BCUT2D eigenvalue weighted by Crippen LogP contribution is -2.38. The van der Waals surface area contributed by atoms with E-state index in [1.54, 1.807) is 23.1 Å². The van der Waals surface area contributed by atoms with E-state index in [1.165, 1.54) is 13.0 Å². The van der Waals surface area contributed by atoms with Crippen molar-refractivity contribution in [3.8, 4) is 0 Å². The molecule has 2 heterocycles. The van der Waals surface area contributed by atoms with Crippen LogP contribution in [0.15, 0.2) is 33.5 Å². The molecule has 0 spiro atoms. The van der Waals surface area contributed by atoms with Gasteiger partial charge in [0.25, 0.3) is 5.91 Å². The van der Waals surface area contributed by atoms with Crippen molar-refractivity contribution < 1.29 is 14.0 Å². The van der Waals surface area contributed by atoms with Crippen LogP contribution in [0.2, 0.25) is 5.02 Å². The second-order valence-corrected chi connectivity index (χ2v) is 6.00. The van der Waals surface area contributed by atoms with E-state index < -0.39 is 11.5 Å². The van der Waals surface area contributed by atoms with Crippen LogP contribution in [0.4, 0.5) is 0 Å². The summed E-state index contributed by atoms with van der Waals surface area (Å²) < 4.78 is 5.19. The third-order valence-electron chi connectivity index (χ3n) is 3.81. The molecule has 1 aromatic heterocycles. The molecule has 120 valence electrons. The molecule has 1 aliphatic heterocycles. The van der Waals surface area contributed by atoms with E-state index in [0.717, 1.165) is 0 Å². The average molecular weight is 335 g/mol. The Kier molecular flexibility index (Phi) is 4.09. The number of fused-ring (bicyclic) bond motifs is 1. The Hall–Kier alpha value is -2.34. The molecule has 0 radical (unpaired) electrons. The summed E-state index contributed by atoms with van der Waals surface area (Å²) in [6.45, 7) is 2.30. The van der Waals surface area contributed by atoms with Crippen LogP contribution in [-0.4, -0.2) is 35.8 Å². The second kappa shape index (κ2) is 6.04. The Morgan fingerprint density at radius 3 is 2.87 bits per heavy atom. The Labute approximate surface area is 137 Å². The first kappa shape index (κ1) is 15.6. The van der Waals surface area contributed by atoms with Crippen LogP contribution >= 0.6 is 11.6 Å². The van der Waals surface area contributed by atoms with Gasteiger partial charge in [-0.15, -0.1) is 0 Å². The highest BCUT2D eigenvalue weighted by Gasteiger charge is 2.29. The zero-order valence-corrected chi connectivity index (χ0v) is 13.2. The van der Waals surface area contributed by atoms with Gasteiger partial charge >= 0.3 is 5.63 Å². The highest BCUT2D eigenvalue weighted by atomic mass is 35.5. The van der Waals surface area contributed by atoms with Crippen molar-refractivity contribution in [3.63, 3.8) is 0 Å². The number of nitrogens with one attached hydrogen (secondary N) is 1. The second-order valence-electron chi connectivity index (χ2n) is 5.57. The van der Waals surface area contributed by atoms with Gasteiger partial charge in [0.1, 0.15) is 11.1 Å². The SMILES string of the molecule is CC(=O)NC1CCN(C(=O)c2cc3cc(Cl)ccc3oc2=O)C1. The summed E-state index contributed by atoms with van der Waals surface area (Å²) in [4.78, 5) is 37.2. The minimum Gasteiger partial charge on any atom is -0.422 e. The van der Waals surface area contributed by atoms with Crippen LogP contribution in [0.3, 0.4) is 0 Å². The highest BCUT2D eigenvalue weighted by Crippen LogP contribution is 2.20. The molecule has 3 rings (SSSR count). The van der Waals surface area contributed by atoms with Crippen LogP contribution in [0, 0.1) is 0 Å². The van der Waals surface area contributed by atoms with Gasteiger partial charge in [0.15, 0.2) is 0 Å². The molecule has 0 bridgehead atoms. The number of carbonyl (C=O) groups is 2. The summed E-state index contributed by atoms with van der Waals surface area (Å²) in [6, 6.07) is 6.27. The Balaban J connectivity index is 1.88. The topological polar surface area (TPSA) is 79.6 Å². The van der Waals surface area contributed by atoms with Gasteiger partial charge in [-0.3, -0.25) is 9.59 Å². The van der Waals surface area contributed by atoms with Crippen molar-refractivity contribution in [2.75, 3.05) is 13.1 Å². The molecular formula is C16H15ClN2O4. The molecular weight excluding hydrogens is 320 g/mol. The number of halogens is 1. The summed E-state index contributed by atoms with van der Waals surface area (Å²) in [6.07, 6.45) is 0.663. The van der Waals surface area contributed by atoms with Crippen molar-refractivity contribution in [2.24, 2.45) is 0 Å².